The van der Waals surface area contributed by atoms with Crippen molar-refractivity contribution in [2.24, 2.45) is 0 Å². The summed E-state index contributed by atoms with van der Waals surface area (Å²) in [5.74, 6) is -1.42. The van der Waals surface area contributed by atoms with E-state index in [9.17, 15) is 13.6 Å². The highest BCUT2D eigenvalue weighted by Crippen LogP contribution is 2.34. The Morgan fingerprint density at radius 2 is 1.90 bits per heavy atom. The lowest BCUT2D eigenvalue weighted by molar-refractivity contribution is 0.0736. The van der Waals surface area contributed by atoms with Crippen LogP contribution in [0.2, 0.25) is 0 Å². The first-order valence-electron chi connectivity index (χ1n) is 10.3. The first-order chi connectivity index (χ1) is 14.1. The van der Waals surface area contributed by atoms with Gasteiger partial charge in [0.15, 0.2) is 11.6 Å². The molecule has 1 amide bonds. The molecule has 1 aromatic heterocycles. The summed E-state index contributed by atoms with van der Waals surface area (Å²) < 4.78 is 29.2. The lowest BCUT2D eigenvalue weighted by Crippen LogP contribution is -2.33. The molecule has 152 valence electrons. The van der Waals surface area contributed by atoms with Crippen molar-refractivity contribution in [3.05, 3.63) is 65.5 Å². The maximum atomic E-state index is 13.7. The van der Waals surface area contributed by atoms with Crippen LogP contribution in [0, 0.1) is 11.6 Å². The Kier molecular flexibility index (Phi) is 5.60. The van der Waals surface area contributed by atoms with Crippen LogP contribution in [0.25, 0.3) is 11.0 Å². The number of rotatable bonds is 6. The van der Waals surface area contributed by atoms with E-state index >= 15 is 0 Å². The van der Waals surface area contributed by atoms with Crippen molar-refractivity contribution < 1.29 is 13.6 Å². The fourth-order valence-electron chi connectivity index (χ4n) is 4.28. The quantitative estimate of drug-likeness (QED) is 0.552. The largest absolute Gasteiger partial charge is 0.331 e. The molecule has 1 saturated carbocycles. The van der Waals surface area contributed by atoms with Crippen LogP contribution in [0.1, 0.15) is 61.3 Å². The summed E-state index contributed by atoms with van der Waals surface area (Å²) in [6.45, 7) is 2.86. The standard InChI is InChI=1S/C23H25F2N3O/c1-2-13-27(23(29)16-11-12-18(24)19(25)14-16)15-22-26-20-9-5-6-10-21(20)28(22)17-7-3-4-8-17/h5-6,9-12,14,17H,2-4,7-8,13,15H2,1H3. The van der Waals surface area contributed by atoms with E-state index in [0.717, 1.165) is 48.3 Å². The summed E-state index contributed by atoms with van der Waals surface area (Å²) in [7, 11) is 0. The zero-order valence-electron chi connectivity index (χ0n) is 16.6. The number of amides is 1. The molecule has 1 aliphatic rings. The van der Waals surface area contributed by atoms with Crippen molar-refractivity contribution in [1.82, 2.24) is 14.5 Å². The van der Waals surface area contributed by atoms with E-state index in [-0.39, 0.29) is 11.5 Å². The minimum atomic E-state index is -1.01. The van der Waals surface area contributed by atoms with Crippen molar-refractivity contribution in [1.29, 1.82) is 0 Å². The summed E-state index contributed by atoms with van der Waals surface area (Å²) in [6, 6.07) is 11.7. The van der Waals surface area contributed by atoms with Crippen molar-refractivity contribution in [3.63, 3.8) is 0 Å². The average molecular weight is 397 g/mol. The molecule has 0 N–H and O–H groups in total. The van der Waals surface area contributed by atoms with Crippen molar-refractivity contribution >= 4 is 16.9 Å². The fourth-order valence-corrected chi connectivity index (χ4v) is 4.28. The van der Waals surface area contributed by atoms with E-state index in [1.807, 2.05) is 25.1 Å². The number of aromatic nitrogens is 2. The number of carbonyl (C=O) groups is 1. The van der Waals surface area contributed by atoms with Crippen molar-refractivity contribution in [3.8, 4) is 0 Å². The van der Waals surface area contributed by atoms with Crippen molar-refractivity contribution in [2.45, 2.75) is 51.6 Å². The van der Waals surface area contributed by atoms with E-state index in [1.54, 1.807) is 4.90 Å². The number of imidazole rings is 1. The summed E-state index contributed by atoms with van der Waals surface area (Å²) >= 11 is 0. The molecule has 0 saturated heterocycles. The van der Waals surface area contributed by atoms with Gasteiger partial charge in [0, 0.05) is 18.2 Å². The molecule has 4 rings (SSSR count). The molecule has 0 aliphatic heterocycles. The Hall–Kier alpha value is -2.76. The first kappa shape index (κ1) is 19.6. The summed E-state index contributed by atoms with van der Waals surface area (Å²) in [5.41, 5.74) is 2.16. The van der Waals surface area contributed by atoms with E-state index in [4.69, 9.17) is 4.98 Å². The molecule has 1 heterocycles. The lowest BCUT2D eigenvalue weighted by atomic mass is 10.1. The summed E-state index contributed by atoms with van der Waals surface area (Å²) in [6.07, 6.45) is 5.38. The molecular weight excluding hydrogens is 372 g/mol. The highest BCUT2D eigenvalue weighted by atomic mass is 19.2. The van der Waals surface area contributed by atoms with Crippen molar-refractivity contribution in [2.75, 3.05) is 6.54 Å². The van der Waals surface area contributed by atoms with Gasteiger partial charge in [-0.25, -0.2) is 13.8 Å². The smallest absolute Gasteiger partial charge is 0.254 e. The van der Waals surface area contributed by atoms with Crippen LogP contribution in [0.3, 0.4) is 0 Å². The third-order valence-corrected chi connectivity index (χ3v) is 5.64. The molecule has 1 fully saturated rings. The molecule has 1 aliphatic carbocycles. The SMILES string of the molecule is CCCN(Cc1nc2ccccc2n1C1CCCC1)C(=O)c1ccc(F)c(F)c1. The molecule has 0 radical (unpaired) electrons. The molecule has 0 spiro atoms. The number of hydrogen-bond donors (Lipinski definition) is 0. The number of hydrogen-bond acceptors (Lipinski definition) is 2. The number of benzene rings is 2. The Morgan fingerprint density at radius 3 is 2.62 bits per heavy atom. The van der Waals surface area contributed by atoms with E-state index in [2.05, 4.69) is 10.6 Å². The summed E-state index contributed by atoms with van der Waals surface area (Å²) in [4.78, 5) is 19.6. The average Bonchev–Trinajstić information content (AvgIpc) is 3.36. The molecule has 2 aromatic carbocycles. The Labute approximate surface area is 169 Å². The van der Waals surface area contributed by atoms with Gasteiger partial charge >= 0.3 is 0 Å². The predicted octanol–water partition coefficient (Wildman–Crippen LogP) is 5.48. The van der Waals surface area contributed by atoms with Crippen LogP contribution in [-0.2, 0) is 6.54 Å². The Balaban J connectivity index is 1.69. The van der Waals surface area contributed by atoms with Gasteiger partial charge in [-0.2, -0.15) is 0 Å². The molecule has 0 atom stereocenters. The van der Waals surface area contributed by atoms with E-state index in [1.165, 1.54) is 18.9 Å². The number of nitrogens with zero attached hydrogens (tertiary/aromatic N) is 3. The van der Waals surface area contributed by atoms with Crippen LogP contribution in [0.15, 0.2) is 42.5 Å². The van der Waals surface area contributed by atoms with Gasteiger partial charge < -0.3 is 9.47 Å². The van der Waals surface area contributed by atoms with Gasteiger partial charge in [-0.15, -0.1) is 0 Å². The highest BCUT2D eigenvalue weighted by Gasteiger charge is 2.25. The monoisotopic (exact) mass is 397 g/mol. The maximum absolute atomic E-state index is 13.7. The van der Waals surface area contributed by atoms with E-state index in [0.29, 0.717) is 19.1 Å². The first-order valence-corrected chi connectivity index (χ1v) is 10.3. The number of para-hydroxylation sites is 2. The van der Waals surface area contributed by atoms with Gasteiger partial charge in [-0.1, -0.05) is 31.9 Å². The van der Waals surface area contributed by atoms with Gasteiger partial charge in [0.25, 0.3) is 5.91 Å². The van der Waals surface area contributed by atoms with Gasteiger partial charge in [0.2, 0.25) is 0 Å². The van der Waals surface area contributed by atoms with Crippen LogP contribution in [0.5, 0.6) is 0 Å². The van der Waals surface area contributed by atoms with Crippen LogP contribution in [-0.4, -0.2) is 26.9 Å². The minimum absolute atomic E-state index is 0.154. The third-order valence-electron chi connectivity index (χ3n) is 5.64. The molecule has 4 nitrogen and oxygen atoms in total. The third kappa shape index (κ3) is 3.88. The number of fused-ring (bicyclic) bond motifs is 1. The second-order valence-corrected chi connectivity index (χ2v) is 7.68. The zero-order chi connectivity index (χ0) is 20.4. The zero-order valence-corrected chi connectivity index (χ0v) is 16.6. The minimum Gasteiger partial charge on any atom is -0.331 e. The Morgan fingerprint density at radius 1 is 1.14 bits per heavy atom. The highest BCUT2D eigenvalue weighted by molar-refractivity contribution is 5.94. The Bertz CT molecular complexity index is 1020. The second-order valence-electron chi connectivity index (χ2n) is 7.68. The summed E-state index contributed by atoms with van der Waals surface area (Å²) in [5, 5.41) is 0. The predicted molar refractivity (Wildman–Crippen MR) is 109 cm³/mol. The molecule has 29 heavy (non-hydrogen) atoms. The normalized spacial score (nSPS) is 14.6. The molecule has 3 aromatic rings. The molecule has 0 unspecified atom stereocenters. The molecular formula is C23H25F2N3O. The van der Waals surface area contributed by atoms with Crippen LogP contribution in [0.4, 0.5) is 8.78 Å². The van der Waals surface area contributed by atoms with Gasteiger partial charge in [-0.05, 0) is 49.6 Å². The van der Waals surface area contributed by atoms with Crippen LogP contribution < -0.4 is 0 Å². The van der Waals surface area contributed by atoms with Gasteiger partial charge in [-0.3, -0.25) is 4.79 Å². The molecule has 0 bridgehead atoms. The number of halogens is 2. The molecule has 6 heteroatoms. The lowest BCUT2D eigenvalue weighted by Gasteiger charge is -2.24. The maximum Gasteiger partial charge on any atom is 0.254 e. The van der Waals surface area contributed by atoms with Crippen LogP contribution >= 0.6 is 0 Å². The van der Waals surface area contributed by atoms with Gasteiger partial charge in [0.05, 0.1) is 17.6 Å². The second kappa shape index (κ2) is 8.31. The fraction of sp³-hybridized carbons (Fsp3) is 0.391. The van der Waals surface area contributed by atoms with Gasteiger partial charge in [0.1, 0.15) is 5.82 Å². The number of carbonyl (C=O) groups excluding carboxylic acids is 1. The van der Waals surface area contributed by atoms with E-state index < -0.39 is 11.6 Å². The topological polar surface area (TPSA) is 38.1 Å².